The summed E-state index contributed by atoms with van der Waals surface area (Å²) in [5.41, 5.74) is 9.32. The third-order valence-corrected chi connectivity index (χ3v) is 5.84. The minimum atomic E-state index is -1.11. The van der Waals surface area contributed by atoms with Gasteiger partial charge in [-0.1, -0.05) is 42.5 Å². The number of benzene rings is 2. The van der Waals surface area contributed by atoms with Gasteiger partial charge in [0.05, 0.1) is 11.8 Å². The molecule has 1 aromatic heterocycles. The van der Waals surface area contributed by atoms with E-state index in [0.29, 0.717) is 36.5 Å². The molecular weight excluding hydrogens is 403 g/mol. The predicted molar refractivity (Wildman–Crippen MR) is 122 cm³/mol. The molecule has 0 saturated carbocycles. The molecule has 32 heavy (non-hydrogen) atoms. The summed E-state index contributed by atoms with van der Waals surface area (Å²) in [7, 11) is -1.11. The van der Waals surface area contributed by atoms with E-state index in [1.54, 1.807) is 12.1 Å². The highest BCUT2D eigenvalue weighted by Gasteiger charge is 2.37. The van der Waals surface area contributed by atoms with Crippen molar-refractivity contribution in [2.24, 2.45) is 0 Å². The number of ketones is 2. The van der Waals surface area contributed by atoms with Crippen molar-refractivity contribution in [1.82, 2.24) is 0 Å². The van der Waals surface area contributed by atoms with Gasteiger partial charge < -0.3 is 9.68 Å². The summed E-state index contributed by atoms with van der Waals surface area (Å²) in [6.07, 6.45) is 2.94. The predicted octanol–water partition coefficient (Wildman–Crippen LogP) is 2.79. The number of para-hydroxylation sites is 1. The van der Waals surface area contributed by atoms with Crippen LogP contribution in [-0.2, 0) is 24.2 Å². The highest BCUT2D eigenvalue weighted by molar-refractivity contribution is 6.47. The molecule has 0 saturated heterocycles. The molecule has 1 aliphatic heterocycles. The Hall–Kier alpha value is -3.45. The fourth-order valence-electron chi connectivity index (χ4n) is 4.12. The van der Waals surface area contributed by atoms with E-state index < -0.39 is 7.12 Å². The van der Waals surface area contributed by atoms with Crippen LogP contribution in [0.3, 0.4) is 0 Å². The number of rotatable bonds is 7. The minimum absolute atomic E-state index is 0.0400. The third-order valence-electron chi connectivity index (χ3n) is 5.84. The fourth-order valence-corrected chi connectivity index (χ4v) is 4.12. The molecule has 1 aliphatic rings. The lowest BCUT2D eigenvalue weighted by Gasteiger charge is -2.28. The first-order chi connectivity index (χ1) is 15.4. The van der Waals surface area contributed by atoms with Gasteiger partial charge in [0.1, 0.15) is 18.1 Å². The average Bonchev–Trinajstić information content (AvgIpc) is 2.76. The molecule has 2 heterocycles. The van der Waals surface area contributed by atoms with Crippen LogP contribution in [0.1, 0.15) is 40.4 Å². The molecule has 4 rings (SSSR count). The van der Waals surface area contributed by atoms with E-state index in [0.717, 1.165) is 16.7 Å². The van der Waals surface area contributed by atoms with Crippen molar-refractivity contribution in [2.45, 2.75) is 38.5 Å². The number of pyridine rings is 1. The lowest BCUT2D eigenvalue weighted by Crippen LogP contribution is -2.37. The van der Waals surface area contributed by atoms with E-state index in [9.17, 15) is 14.6 Å². The molecule has 162 valence electrons. The molecule has 0 aliphatic carbocycles. The molecule has 3 N–H and O–H groups in total. The minimum Gasteiger partial charge on any atom is -0.535 e. The molecule has 0 spiro atoms. The first-order valence-electron chi connectivity index (χ1n) is 10.7. The van der Waals surface area contributed by atoms with Crippen LogP contribution in [0.5, 0.6) is 5.75 Å². The number of fused-ring (bicyclic) bond motifs is 1. The number of hydrogen-bond acceptors (Lipinski definition) is 5. The zero-order valence-corrected chi connectivity index (χ0v) is 18.0. The van der Waals surface area contributed by atoms with Crippen LogP contribution < -0.4 is 15.0 Å². The van der Waals surface area contributed by atoms with E-state index in [-0.39, 0.29) is 23.8 Å². The summed E-state index contributed by atoms with van der Waals surface area (Å²) >= 11 is 0. The van der Waals surface area contributed by atoms with Crippen LogP contribution in [0.2, 0.25) is 5.82 Å². The molecule has 0 amide bonds. The topological polar surface area (TPSA) is 93.5 Å². The van der Waals surface area contributed by atoms with Gasteiger partial charge >= 0.3 is 7.12 Å². The van der Waals surface area contributed by atoms with Crippen LogP contribution in [-0.4, -0.2) is 23.7 Å². The number of nitrogen functional groups attached to an aromatic ring is 1. The van der Waals surface area contributed by atoms with Gasteiger partial charge in [0, 0.05) is 24.7 Å². The van der Waals surface area contributed by atoms with Gasteiger partial charge in [-0.2, -0.15) is 0 Å². The van der Waals surface area contributed by atoms with Crippen LogP contribution in [0.15, 0.2) is 66.9 Å². The summed E-state index contributed by atoms with van der Waals surface area (Å²) in [6, 6.07) is 19.0. The van der Waals surface area contributed by atoms with Crippen molar-refractivity contribution >= 4 is 24.5 Å². The van der Waals surface area contributed by atoms with Crippen molar-refractivity contribution in [3.63, 3.8) is 0 Å². The lowest BCUT2D eigenvalue weighted by molar-refractivity contribution is -0.674. The maximum absolute atomic E-state index is 12.7. The summed E-state index contributed by atoms with van der Waals surface area (Å²) in [5.74, 6) is 0.716. The van der Waals surface area contributed by atoms with Crippen molar-refractivity contribution in [2.75, 3.05) is 5.73 Å². The number of nitrogens with two attached hydrogens (primary N) is 1. The molecule has 0 radical (unpaired) electrons. The molecule has 0 fully saturated rings. The number of hydrogen-bond donors (Lipinski definition) is 2. The normalized spacial score (nSPS) is 15.1. The van der Waals surface area contributed by atoms with Crippen LogP contribution in [0.25, 0.3) is 0 Å². The van der Waals surface area contributed by atoms with E-state index in [2.05, 4.69) is 0 Å². The SMILES string of the molecule is CC(=O)c1cccc2c1OB(O)[C@@H](CC(=O)Cc1ccc(C[n+]3ccccc3N)cc1)C2. The van der Waals surface area contributed by atoms with E-state index in [1.807, 2.05) is 59.3 Å². The van der Waals surface area contributed by atoms with E-state index in [1.165, 1.54) is 6.92 Å². The second-order valence-electron chi connectivity index (χ2n) is 8.31. The van der Waals surface area contributed by atoms with Gasteiger partial charge in [-0.05, 0) is 42.2 Å². The Morgan fingerprint density at radius 2 is 1.84 bits per heavy atom. The zero-order valence-electron chi connectivity index (χ0n) is 18.0. The molecule has 0 unspecified atom stereocenters. The summed E-state index contributed by atoms with van der Waals surface area (Å²) in [4.78, 5) is 24.5. The number of Topliss-reactive ketones (excluding diaryl/α,β-unsaturated/α-hetero) is 2. The van der Waals surface area contributed by atoms with Gasteiger partial charge in [0.15, 0.2) is 5.78 Å². The fraction of sp³-hybridized carbons (Fsp3) is 0.240. The summed E-state index contributed by atoms with van der Waals surface area (Å²) < 4.78 is 7.60. The molecule has 1 atom stereocenters. The maximum Gasteiger partial charge on any atom is 0.526 e. The number of nitrogens with zero attached hydrogens (tertiary/aromatic N) is 1. The van der Waals surface area contributed by atoms with Crippen molar-refractivity contribution in [3.05, 3.63) is 89.1 Å². The average molecular weight is 429 g/mol. The molecular formula is C25H26BN2O4+. The van der Waals surface area contributed by atoms with Crippen molar-refractivity contribution in [3.8, 4) is 5.75 Å². The number of carbonyl (C=O) groups is 2. The Balaban J connectivity index is 1.37. The Bertz CT molecular complexity index is 1150. The third kappa shape index (κ3) is 4.89. The smallest absolute Gasteiger partial charge is 0.526 e. The number of carbonyl (C=O) groups excluding carboxylic acids is 2. The Kier molecular flexibility index (Phi) is 6.37. The van der Waals surface area contributed by atoms with Crippen molar-refractivity contribution < 1.29 is 23.8 Å². The highest BCUT2D eigenvalue weighted by Crippen LogP contribution is 2.36. The van der Waals surface area contributed by atoms with Gasteiger partial charge in [-0.15, -0.1) is 0 Å². The lowest BCUT2D eigenvalue weighted by atomic mass is 9.64. The maximum atomic E-state index is 12.7. The molecule has 2 aromatic carbocycles. The second-order valence-corrected chi connectivity index (χ2v) is 8.31. The quantitative estimate of drug-likeness (QED) is 0.342. The van der Waals surface area contributed by atoms with E-state index in [4.69, 9.17) is 10.4 Å². The van der Waals surface area contributed by atoms with Crippen LogP contribution >= 0.6 is 0 Å². The first-order valence-corrected chi connectivity index (χ1v) is 10.7. The van der Waals surface area contributed by atoms with Crippen molar-refractivity contribution in [1.29, 1.82) is 0 Å². The summed E-state index contributed by atoms with van der Waals surface area (Å²) in [6.45, 7) is 2.13. The number of aromatic nitrogens is 1. The highest BCUT2D eigenvalue weighted by atomic mass is 16.5. The number of anilines is 1. The molecule has 7 heteroatoms. The monoisotopic (exact) mass is 429 g/mol. The summed E-state index contributed by atoms with van der Waals surface area (Å²) in [5, 5.41) is 10.4. The van der Waals surface area contributed by atoms with Crippen LogP contribution in [0.4, 0.5) is 5.82 Å². The first kappa shape index (κ1) is 21.8. The standard InChI is InChI=1S/C25H25BN2O4/c1-17(29)23-6-4-5-20-14-21(26(31)32-25(20)23)15-22(30)13-18-8-10-19(11-9-18)16-28-12-3-2-7-24(28)27/h2-12,21,27,31H,13-16H2,1H3/p+1/t21-/m1/s1. The molecule has 0 bridgehead atoms. The Labute approximate surface area is 187 Å². The Morgan fingerprint density at radius 1 is 1.09 bits per heavy atom. The second kappa shape index (κ2) is 9.36. The zero-order chi connectivity index (χ0) is 22.7. The molecule has 6 nitrogen and oxygen atoms in total. The largest absolute Gasteiger partial charge is 0.535 e. The Morgan fingerprint density at radius 3 is 2.56 bits per heavy atom. The van der Waals surface area contributed by atoms with Gasteiger partial charge in [0.2, 0.25) is 0 Å². The van der Waals surface area contributed by atoms with Gasteiger partial charge in [-0.25, -0.2) is 4.57 Å². The van der Waals surface area contributed by atoms with Gasteiger partial charge in [-0.3, -0.25) is 15.3 Å². The van der Waals surface area contributed by atoms with E-state index >= 15 is 0 Å². The van der Waals surface area contributed by atoms with Crippen LogP contribution in [0, 0.1) is 0 Å². The van der Waals surface area contributed by atoms with Gasteiger partial charge in [0.25, 0.3) is 5.82 Å². The molecule has 3 aromatic rings.